The van der Waals surface area contributed by atoms with E-state index in [4.69, 9.17) is 16.3 Å². The van der Waals surface area contributed by atoms with Crippen LogP contribution in [0.25, 0.3) is 0 Å². The lowest BCUT2D eigenvalue weighted by Crippen LogP contribution is -2.56. The van der Waals surface area contributed by atoms with Crippen molar-refractivity contribution in [2.24, 2.45) is 5.92 Å². The summed E-state index contributed by atoms with van der Waals surface area (Å²) in [5.41, 5.74) is 2.95. The highest BCUT2D eigenvalue weighted by atomic mass is 35.5. The van der Waals surface area contributed by atoms with Crippen LogP contribution in [-0.4, -0.2) is 41.0 Å². The molecule has 1 aliphatic heterocycles. The summed E-state index contributed by atoms with van der Waals surface area (Å²) in [4.78, 5) is 23.4. The van der Waals surface area contributed by atoms with Gasteiger partial charge in [-0.25, -0.2) is 5.43 Å². The molecule has 1 fully saturated rings. The Morgan fingerprint density at radius 2 is 2.15 bits per heavy atom. The van der Waals surface area contributed by atoms with E-state index in [1.165, 1.54) is 5.01 Å². The van der Waals surface area contributed by atoms with Gasteiger partial charge in [-0.2, -0.15) is 0 Å². The summed E-state index contributed by atoms with van der Waals surface area (Å²) in [6.45, 7) is 8.27. The fourth-order valence-corrected chi connectivity index (χ4v) is 1.91. The number of hydrogen-bond donors (Lipinski definition) is 1. The molecule has 2 atom stereocenters. The molecule has 5 nitrogen and oxygen atoms in total. The third-order valence-corrected chi connectivity index (χ3v) is 3.86. The Morgan fingerprint density at radius 1 is 1.50 bits per heavy atom. The van der Waals surface area contributed by atoms with E-state index in [0.29, 0.717) is 13.0 Å². The summed E-state index contributed by atoms with van der Waals surface area (Å²) in [5, 5.41) is 1.53. The topological polar surface area (TPSA) is 58.6 Å². The lowest BCUT2D eigenvalue weighted by Gasteiger charge is -2.34. The number of hydrogen-bond acceptors (Lipinski definition) is 4. The van der Waals surface area contributed by atoms with Crippen molar-refractivity contribution in [1.29, 1.82) is 0 Å². The molecule has 0 spiro atoms. The minimum absolute atomic E-state index is 0.00163. The van der Waals surface area contributed by atoms with Gasteiger partial charge in [-0.15, -0.1) is 11.6 Å². The standard InChI is InChI=1S/C14H25ClN2O3/c1-5-14(4,15)9-20-13(19)11-7-6-8-17(16-11)12(18)10(2)3/h10-11,16H,5-9H2,1-4H3. The van der Waals surface area contributed by atoms with Crippen molar-refractivity contribution < 1.29 is 14.3 Å². The largest absolute Gasteiger partial charge is 0.463 e. The van der Waals surface area contributed by atoms with Gasteiger partial charge in [0.2, 0.25) is 5.91 Å². The molecule has 0 aromatic rings. The second-order valence-electron chi connectivity index (χ2n) is 5.84. The highest BCUT2D eigenvalue weighted by Gasteiger charge is 2.31. The molecule has 0 radical (unpaired) electrons. The van der Waals surface area contributed by atoms with Gasteiger partial charge in [0.1, 0.15) is 12.6 Å². The average molecular weight is 305 g/mol. The first-order valence-electron chi connectivity index (χ1n) is 7.20. The first kappa shape index (κ1) is 17.2. The zero-order chi connectivity index (χ0) is 15.3. The quantitative estimate of drug-likeness (QED) is 0.624. The smallest absolute Gasteiger partial charge is 0.325 e. The minimum Gasteiger partial charge on any atom is -0.463 e. The van der Waals surface area contributed by atoms with E-state index in [1.54, 1.807) is 0 Å². The molecule has 0 saturated carbocycles. The van der Waals surface area contributed by atoms with Crippen LogP contribution in [-0.2, 0) is 14.3 Å². The van der Waals surface area contributed by atoms with E-state index in [0.717, 1.165) is 12.8 Å². The van der Waals surface area contributed by atoms with E-state index in [1.807, 2.05) is 27.7 Å². The summed E-state index contributed by atoms with van der Waals surface area (Å²) in [5.74, 6) is -0.437. The summed E-state index contributed by atoms with van der Waals surface area (Å²) in [7, 11) is 0. The molecule has 1 N–H and O–H groups in total. The molecule has 2 unspecified atom stereocenters. The van der Waals surface area contributed by atoms with Crippen LogP contribution in [0.3, 0.4) is 0 Å². The number of nitrogens with one attached hydrogen (secondary N) is 1. The highest BCUT2D eigenvalue weighted by Crippen LogP contribution is 2.19. The maximum absolute atomic E-state index is 12.0. The van der Waals surface area contributed by atoms with Crippen molar-refractivity contribution in [3.05, 3.63) is 0 Å². The number of ether oxygens (including phenoxy) is 1. The van der Waals surface area contributed by atoms with Crippen molar-refractivity contribution in [3.8, 4) is 0 Å². The lowest BCUT2D eigenvalue weighted by atomic mass is 10.1. The Morgan fingerprint density at radius 3 is 2.70 bits per heavy atom. The van der Waals surface area contributed by atoms with E-state index < -0.39 is 10.9 Å². The van der Waals surface area contributed by atoms with Gasteiger partial charge in [0.15, 0.2) is 0 Å². The maximum Gasteiger partial charge on any atom is 0.325 e. The van der Waals surface area contributed by atoms with E-state index >= 15 is 0 Å². The van der Waals surface area contributed by atoms with Crippen molar-refractivity contribution >= 4 is 23.5 Å². The molecule has 1 saturated heterocycles. The summed E-state index contributed by atoms with van der Waals surface area (Å²) >= 11 is 6.16. The van der Waals surface area contributed by atoms with Crippen LogP contribution < -0.4 is 5.43 Å². The lowest BCUT2D eigenvalue weighted by molar-refractivity contribution is -0.153. The second-order valence-corrected chi connectivity index (χ2v) is 6.76. The maximum atomic E-state index is 12.0. The van der Waals surface area contributed by atoms with Crippen molar-refractivity contribution in [2.45, 2.75) is 57.9 Å². The Labute approximate surface area is 125 Å². The Bertz CT molecular complexity index is 358. The molecule has 0 aromatic carbocycles. The predicted molar refractivity (Wildman–Crippen MR) is 78.2 cm³/mol. The van der Waals surface area contributed by atoms with Crippen molar-refractivity contribution in [1.82, 2.24) is 10.4 Å². The number of hydrazine groups is 1. The molecule has 0 aromatic heterocycles. The fraction of sp³-hybridized carbons (Fsp3) is 0.857. The van der Waals surface area contributed by atoms with Crippen LogP contribution in [0, 0.1) is 5.92 Å². The van der Waals surface area contributed by atoms with Crippen molar-refractivity contribution in [2.75, 3.05) is 13.2 Å². The molecular formula is C14H25ClN2O3. The molecule has 1 heterocycles. The van der Waals surface area contributed by atoms with Crippen LogP contribution in [0.1, 0.15) is 47.0 Å². The van der Waals surface area contributed by atoms with Gasteiger partial charge in [0, 0.05) is 12.5 Å². The SMILES string of the molecule is CCC(C)(Cl)COC(=O)C1CCCN(C(=O)C(C)C)N1. The van der Waals surface area contributed by atoms with E-state index in [-0.39, 0.29) is 24.4 Å². The molecule has 1 amide bonds. The number of halogens is 1. The third kappa shape index (κ3) is 4.94. The predicted octanol–water partition coefficient (Wildman–Crippen LogP) is 2.09. The Kier molecular flexibility index (Phi) is 6.27. The summed E-state index contributed by atoms with van der Waals surface area (Å²) in [6, 6.07) is -0.462. The van der Waals surface area contributed by atoms with Gasteiger partial charge in [-0.3, -0.25) is 14.6 Å². The summed E-state index contributed by atoms with van der Waals surface area (Å²) < 4.78 is 5.25. The molecule has 0 aliphatic carbocycles. The van der Waals surface area contributed by atoms with Gasteiger partial charge in [0.25, 0.3) is 0 Å². The van der Waals surface area contributed by atoms with Crippen LogP contribution in [0.5, 0.6) is 0 Å². The van der Waals surface area contributed by atoms with Gasteiger partial charge in [-0.05, 0) is 26.2 Å². The second kappa shape index (κ2) is 7.27. The number of rotatable bonds is 5. The first-order valence-corrected chi connectivity index (χ1v) is 7.57. The Hall–Kier alpha value is -0.810. The minimum atomic E-state index is -0.530. The van der Waals surface area contributed by atoms with Crippen LogP contribution in [0.15, 0.2) is 0 Å². The normalized spacial score (nSPS) is 22.5. The molecule has 0 bridgehead atoms. The van der Waals surface area contributed by atoms with Gasteiger partial charge in [0.05, 0.1) is 4.87 Å². The van der Waals surface area contributed by atoms with E-state index in [9.17, 15) is 9.59 Å². The number of alkyl halides is 1. The van der Waals surface area contributed by atoms with Gasteiger partial charge in [-0.1, -0.05) is 20.8 Å². The monoisotopic (exact) mass is 304 g/mol. The molecule has 1 rings (SSSR count). The van der Waals surface area contributed by atoms with Crippen LogP contribution >= 0.6 is 11.6 Å². The van der Waals surface area contributed by atoms with Gasteiger partial charge < -0.3 is 4.74 Å². The first-order chi connectivity index (χ1) is 9.26. The number of carbonyl (C=O) groups excluding carboxylic acids is 2. The molecular weight excluding hydrogens is 280 g/mol. The number of nitrogens with zero attached hydrogens (tertiary/aromatic N) is 1. The zero-order valence-corrected chi connectivity index (χ0v) is 13.5. The molecule has 1 aliphatic rings. The van der Waals surface area contributed by atoms with Gasteiger partial charge >= 0.3 is 5.97 Å². The third-order valence-electron chi connectivity index (χ3n) is 3.48. The fourth-order valence-electron chi connectivity index (χ4n) is 1.85. The Balaban J connectivity index is 2.50. The summed E-state index contributed by atoms with van der Waals surface area (Å²) in [6.07, 6.45) is 2.18. The molecule has 116 valence electrons. The zero-order valence-electron chi connectivity index (χ0n) is 12.7. The molecule has 6 heteroatoms. The number of amides is 1. The van der Waals surface area contributed by atoms with Crippen LogP contribution in [0.2, 0.25) is 0 Å². The van der Waals surface area contributed by atoms with Crippen molar-refractivity contribution in [3.63, 3.8) is 0 Å². The number of esters is 1. The average Bonchev–Trinajstić information content (AvgIpc) is 2.44. The van der Waals surface area contributed by atoms with Crippen LogP contribution in [0.4, 0.5) is 0 Å². The number of carbonyl (C=O) groups is 2. The highest BCUT2D eigenvalue weighted by molar-refractivity contribution is 6.23. The molecule has 20 heavy (non-hydrogen) atoms. The van der Waals surface area contributed by atoms with E-state index in [2.05, 4.69) is 5.43 Å².